The molecule has 0 unspecified atom stereocenters. The van der Waals surface area contributed by atoms with Gasteiger partial charge in [0.2, 0.25) is 10.0 Å². The minimum Gasteiger partial charge on any atom is -0.229 e. The molecule has 1 aliphatic carbocycles. The number of rotatable bonds is 3. The summed E-state index contributed by atoms with van der Waals surface area (Å²) in [6, 6.07) is 0. The lowest BCUT2D eigenvalue weighted by Gasteiger charge is -2.34. The van der Waals surface area contributed by atoms with Crippen molar-refractivity contribution < 1.29 is 16.8 Å². The first-order valence-electron chi connectivity index (χ1n) is 6.99. The Balaban J connectivity index is 2.00. The van der Waals surface area contributed by atoms with E-state index in [1.807, 2.05) is 0 Å². The van der Waals surface area contributed by atoms with Crippen LogP contribution < -0.4 is 0 Å². The highest BCUT2D eigenvalue weighted by Gasteiger charge is 2.36. The maximum Gasteiger partial charge on any atom is 0.216 e. The van der Waals surface area contributed by atoms with Crippen LogP contribution in [0.2, 0.25) is 0 Å². The van der Waals surface area contributed by atoms with Crippen molar-refractivity contribution in [2.24, 2.45) is 0 Å². The molecule has 1 aliphatic heterocycles. The van der Waals surface area contributed by atoms with Gasteiger partial charge >= 0.3 is 0 Å². The van der Waals surface area contributed by atoms with Crippen molar-refractivity contribution in [1.82, 2.24) is 4.31 Å². The van der Waals surface area contributed by atoms with Gasteiger partial charge in [-0.15, -0.1) is 0 Å². The van der Waals surface area contributed by atoms with E-state index in [2.05, 4.69) is 0 Å². The SMILES string of the molecule is CS(=O)(=O)C1CCN(S(=O)(=O)C2CCCCC2)CC1. The molecule has 2 fully saturated rings. The van der Waals surface area contributed by atoms with Gasteiger partial charge in [0.25, 0.3) is 0 Å². The van der Waals surface area contributed by atoms with Crippen molar-refractivity contribution in [1.29, 1.82) is 0 Å². The molecule has 0 atom stereocenters. The second-order valence-corrected chi connectivity index (χ2v) is 10.3. The fourth-order valence-electron chi connectivity index (χ4n) is 3.09. The molecule has 0 radical (unpaired) electrons. The van der Waals surface area contributed by atoms with E-state index in [1.54, 1.807) is 0 Å². The molecule has 0 aromatic heterocycles. The molecule has 0 amide bonds. The van der Waals surface area contributed by atoms with Crippen LogP contribution in [0.15, 0.2) is 0 Å². The van der Waals surface area contributed by atoms with Crippen LogP contribution in [-0.2, 0) is 19.9 Å². The summed E-state index contributed by atoms with van der Waals surface area (Å²) in [5, 5.41) is -0.610. The van der Waals surface area contributed by atoms with Gasteiger partial charge in [-0.25, -0.2) is 21.1 Å². The second kappa shape index (κ2) is 5.69. The van der Waals surface area contributed by atoms with Gasteiger partial charge in [0.15, 0.2) is 0 Å². The molecule has 0 aromatic rings. The zero-order chi connectivity index (χ0) is 14.1. The monoisotopic (exact) mass is 309 g/mol. The smallest absolute Gasteiger partial charge is 0.216 e. The summed E-state index contributed by atoms with van der Waals surface area (Å²) in [6.45, 7) is 0.715. The molecule has 5 nitrogen and oxygen atoms in total. The fraction of sp³-hybridized carbons (Fsp3) is 1.00. The van der Waals surface area contributed by atoms with E-state index in [4.69, 9.17) is 0 Å². The molecule has 2 aliphatic rings. The van der Waals surface area contributed by atoms with Crippen LogP contribution in [0.3, 0.4) is 0 Å². The van der Waals surface area contributed by atoms with Gasteiger partial charge < -0.3 is 0 Å². The third-order valence-corrected chi connectivity index (χ3v) is 8.42. The van der Waals surface area contributed by atoms with Crippen LogP contribution in [0.25, 0.3) is 0 Å². The molecule has 0 spiro atoms. The van der Waals surface area contributed by atoms with Gasteiger partial charge in [0.1, 0.15) is 9.84 Å². The van der Waals surface area contributed by atoms with Gasteiger partial charge in [-0.1, -0.05) is 19.3 Å². The zero-order valence-corrected chi connectivity index (χ0v) is 13.0. The summed E-state index contributed by atoms with van der Waals surface area (Å²) in [7, 11) is -6.26. The summed E-state index contributed by atoms with van der Waals surface area (Å²) in [5.74, 6) is 0. The third-order valence-electron chi connectivity index (χ3n) is 4.34. The highest BCUT2D eigenvalue weighted by atomic mass is 32.2. The minimum atomic E-state index is -3.22. The third kappa shape index (κ3) is 3.49. The lowest BCUT2D eigenvalue weighted by molar-refractivity contribution is 0.335. The number of sulfonamides is 1. The largest absolute Gasteiger partial charge is 0.229 e. The Bertz CT molecular complexity index is 498. The lowest BCUT2D eigenvalue weighted by Crippen LogP contribution is -2.46. The Hall–Kier alpha value is -0.140. The van der Waals surface area contributed by atoms with E-state index >= 15 is 0 Å². The summed E-state index contributed by atoms with van der Waals surface area (Å²) < 4.78 is 49.4. The van der Waals surface area contributed by atoms with Crippen molar-refractivity contribution in [3.8, 4) is 0 Å². The number of sulfone groups is 1. The topological polar surface area (TPSA) is 71.5 Å². The summed E-state index contributed by atoms with van der Waals surface area (Å²) >= 11 is 0. The molecular weight excluding hydrogens is 286 g/mol. The number of hydrogen-bond acceptors (Lipinski definition) is 4. The summed E-state index contributed by atoms with van der Waals surface area (Å²) in [5.41, 5.74) is 0. The van der Waals surface area contributed by atoms with Crippen LogP contribution in [0.4, 0.5) is 0 Å². The molecule has 0 aromatic carbocycles. The van der Waals surface area contributed by atoms with E-state index in [-0.39, 0.29) is 10.5 Å². The first-order chi connectivity index (χ1) is 8.82. The Morgan fingerprint density at radius 1 is 0.789 bits per heavy atom. The van der Waals surface area contributed by atoms with Gasteiger partial charge in [-0.2, -0.15) is 0 Å². The van der Waals surface area contributed by atoms with Crippen LogP contribution in [0.5, 0.6) is 0 Å². The lowest BCUT2D eigenvalue weighted by atomic mass is 10.0. The van der Waals surface area contributed by atoms with Gasteiger partial charge in [0.05, 0.1) is 10.5 Å². The average Bonchev–Trinajstić information content (AvgIpc) is 2.39. The number of nitrogens with zero attached hydrogens (tertiary/aromatic N) is 1. The highest BCUT2D eigenvalue weighted by Crippen LogP contribution is 2.28. The summed E-state index contributed by atoms with van der Waals surface area (Å²) in [6.07, 6.45) is 6.73. The molecule has 112 valence electrons. The molecular formula is C12H23NO4S2. The average molecular weight is 309 g/mol. The van der Waals surface area contributed by atoms with Crippen LogP contribution in [-0.4, -0.2) is 51.0 Å². The molecule has 0 N–H and O–H groups in total. The highest BCUT2D eigenvalue weighted by molar-refractivity contribution is 7.91. The normalized spacial score (nSPS) is 25.5. The van der Waals surface area contributed by atoms with Crippen molar-refractivity contribution in [2.45, 2.75) is 55.4 Å². The van der Waals surface area contributed by atoms with Crippen molar-refractivity contribution in [3.63, 3.8) is 0 Å². The number of hydrogen-bond donors (Lipinski definition) is 0. The fourth-order valence-corrected chi connectivity index (χ4v) is 6.23. The quantitative estimate of drug-likeness (QED) is 0.784. The second-order valence-electron chi connectivity index (χ2n) is 5.73. The van der Waals surface area contributed by atoms with E-state index < -0.39 is 19.9 Å². The predicted octanol–water partition coefficient (Wildman–Crippen LogP) is 1.16. The Kier molecular flexibility index (Phi) is 4.57. The first-order valence-corrected chi connectivity index (χ1v) is 10.5. The number of piperidine rings is 1. The van der Waals surface area contributed by atoms with Crippen LogP contribution in [0, 0.1) is 0 Å². The molecule has 1 heterocycles. The van der Waals surface area contributed by atoms with Gasteiger partial charge in [-0.05, 0) is 25.7 Å². The predicted molar refractivity (Wildman–Crippen MR) is 75.2 cm³/mol. The van der Waals surface area contributed by atoms with E-state index in [9.17, 15) is 16.8 Å². The van der Waals surface area contributed by atoms with E-state index in [0.717, 1.165) is 32.1 Å². The van der Waals surface area contributed by atoms with Crippen LogP contribution in [0.1, 0.15) is 44.9 Å². The Morgan fingerprint density at radius 3 is 1.79 bits per heavy atom. The van der Waals surface area contributed by atoms with E-state index in [0.29, 0.717) is 25.9 Å². The molecule has 7 heteroatoms. The maximum atomic E-state index is 12.5. The van der Waals surface area contributed by atoms with Gasteiger partial charge in [0, 0.05) is 19.3 Å². The summed E-state index contributed by atoms with van der Waals surface area (Å²) in [4.78, 5) is 0. The molecule has 1 saturated heterocycles. The van der Waals surface area contributed by atoms with Gasteiger partial charge in [-0.3, -0.25) is 0 Å². The standard InChI is InChI=1S/C12H23NO4S2/c1-18(14,15)11-7-9-13(10-8-11)19(16,17)12-5-3-2-4-6-12/h11-12H,2-10H2,1H3. The zero-order valence-electron chi connectivity index (χ0n) is 11.4. The Morgan fingerprint density at radius 2 is 1.32 bits per heavy atom. The Labute approximate surface area is 116 Å². The first kappa shape index (κ1) is 15.3. The molecule has 0 bridgehead atoms. The maximum absolute atomic E-state index is 12.5. The molecule has 2 rings (SSSR count). The molecule has 1 saturated carbocycles. The van der Waals surface area contributed by atoms with Crippen molar-refractivity contribution >= 4 is 19.9 Å². The van der Waals surface area contributed by atoms with E-state index in [1.165, 1.54) is 10.6 Å². The van der Waals surface area contributed by atoms with Crippen molar-refractivity contribution in [3.05, 3.63) is 0 Å². The minimum absolute atomic E-state index is 0.240. The molecule has 19 heavy (non-hydrogen) atoms. The van der Waals surface area contributed by atoms with Crippen LogP contribution >= 0.6 is 0 Å². The van der Waals surface area contributed by atoms with Crippen molar-refractivity contribution in [2.75, 3.05) is 19.3 Å².